The molecule has 2 heterocycles. The summed E-state index contributed by atoms with van der Waals surface area (Å²) in [5, 5.41) is 29.3. The predicted octanol–water partition coefficient (Wildman–Crippen LogP) is 2.26. The van der Waals surface area contributed by atoms with Gasteiger partial charge in [-0.1, -0.05) is 0 Å². The fraction of sp³-hybridized carbons (Fsp3) is 0. The number of rotatable bonds is 4. The third-order valence-corrected chi connectivity index (χ3v) is 3.24. The summed E-state index contributed by atoms with van der Waals surface area (Å²) in [6.07, 6.45) is 4.72. The number of aromatic nitrogens is 6. The average molecular weight is 375 g/mol. The molecule has 0 fully saturated rings. The van der Waals surface area contributed by atoms with Gasteiger partial charge < -0.3 is 5.32 Å². The van der Waals surface area contributed by atoms with Gasteiger partial charge in [0.15, 0.2) is 0 Å². The predicted molar refractivity (Wildman–Crippen MR) is 82.6 cm³/mol. The minimum Gasteiger partial charge on any atom is -0.358 e. The number of tetrazole rings is 1. The minimum absolute atomic E-state index is 0.139. The van der Waals surface area contributed by atoms with Crippen LogP contribution in [0.3, 0.4) is 0 Å². The highest BCUT2D eigenvalue weighted by Gasteiger charge is 2.09. The number of anilines is 1. The Morgan fingerprint density at radius 1 is 1.48 bits per heavy atom. The van der Waals surface area contributed by atoms with Crippen molar-refractivity contribution in [3.05, 3.63) is 52.9 Å². The summed E-state index contributed by atoms with van der Waals surface area (Å²) in [6, 6.07) is 6.14. The lowest BCUT2D eigenvalue weighted by molar-refractivity contribution is 0.627. The van der Waals surface area contributed by atoms with Crippen LogP contribution in [-0.4, -0.2) is 30.4 Å². The van der Waals surface area contributed by atoms with E-state index in [9.17, 15) is 4.39 Å². The Morgan fingerprint density at radius 2 is 2.35 bits per heavy atom. The summed E-state index contributed by atoms with van der Waals surface area (Å²) in [6.45, 7) is 0. The van der Waals surface area contributed by atoms with Crippen molar-refractivity contribution in [2.24, 2.45) is 0 Å². The maximum Gasteiger partial charge on any atom is 0.216 e. The summed E-state index contributed by atoms with van der Waals surface area (Å²) >= 11 is 3.31. The Morgan fingerprint density at radius 3 is 3.00 bits per heavy atom. The van der Waals surface area contributed by atoms with Gasteiger partial charge in [0, 0.05) is 12.4 Å². The molecule has 114 valence electrons. The molecule has 0 spiro atoms. The highest BCUT2D eigenvalue weighted by atomic mass is 79.9. The molecular weight excluding hydrogens is 367 g/mol. The third-order valence-electron chi connectivity index (χ3n) is 2.84. The molecule has 0 bridgehead atoms. The van der Waals surface area contributed by atoms with Gasteiger partial charge in [-0.25, -0.2) is 9.07 Å². The average Bonchev–Trinajstić information content (AvgIpc) is 3.20. The Kier molecular flexibility index (Phi) is 4.11. The molecule has 0 atom stereocenters. The van der Waals surface area contributed by atoms with Gasteiger partial charge in [0.2, 0.25) is 5.82 Å². The van der Waals surface area contributed by atoms with E-state index < -0.39 is 5.82 Å². The molecule has 3 rings (SSSR count). The van der Waals surface area contributed by atoms with Gasteiger partial charge in [-0.05, 0) is 39.3 Å². The third kappa shape index (κ3) is 3.24. The van der Waals surface area contributed by atoms with E-state index in [0.29, 0.717) is 11.4 Å². The van der Waals surface area contributed by atoms with Crippen LogP contribution in [0.1, 0.15) is 5.82 Å². The van der Waals surface area contributed by atoms with E-state index >= 15 is 0 Å². The first-order chi connectivity index (χ1) is 11.2. The summed E-state index contributed by atoms with van der Waals surface area (Å²) in [7, 11) is 0. The number of hydrogen-bond acceptors (Lipinski definition) is 6. The number of aromatic amines is 1. The van der Waals surface area contributed by atoms with Crippen molar-refractivity contribution < 1.29 is 4.39 Å². The van der Waals surface area contributed by atoms with E-state index in [1.807, 2.05) is 6.07 Å². The Bertz CT molecular complexity index is 893. The lowest BCUT2D eigenvalue weighted by Gasteiger charge is -2.09. The molecule has 1 aromatic carbocycles. The van der Waals surface area contributed by atoms with Crippen LogP contribution in [0.25, 0.3) is 11.3 Å². The van der Waals surface area contributed by atoms with Crippen LogP contribution in [-0.2, 0) is 0 Å². The van der Waals surface area contributed by atoms with Gasteiger partial charge in [-0.15, -0.1) is 10.2 Å². The standard InChI is InChI=1S/C13H8BrFN8/c14-9-6-18-23(7-9)12-2-1-10(15)3-11(12)17-5-8(4-16)13-19-21-22-20-13/h1-3,5-7,17H,(H,19,20,21,22). The monoisotopic (exact) mass is 374 g/mol. The first-order valence-corrected chi connectivity index (χ1v) is 7.07. The minimum atomic E-state index is -0.422. The molecule has 0 saturated heterocycles. The molecule has 0 saturated carbocycles. The number of nitrogens with zero attached hydrogens (tertiary/aromatic N) is 6. The highest BCUT2D eigenvalue weighted by Crippen LogP contribution is 2.23. The summed E-state index contributed by atoms with van der Waals surface area (Å²) in [4.78, 5) is 0. The fourth-order valence-corrected chi connectivity index (χ4v) is 2.11. The lowest BCUT2D eigenvalue weighted by atomic mass is 10.2. The number of benzene rings is 1. The maximum absolute atomic E-state index is 13.5. The van der Waals surface area contributed by atoms with Crippen LogP contribution in [0, 0.1) is 17.1 Å². The maximum atomic E-state index is 13.5. The van der Waals surface area contributed by atoms with E-state index in [-0.39, 0.29) is 11.4 Å². The second-order valence-corrected chi connectivity index (χ2v) is 5.23. The van der Waals surface area contributed by atoms with E-state index in [1.54, 1.807) is 23.1 Å². The number of nitriles is 1. The number of nitrogens with one attached hydrogen (secondary N) is 2. The van der Waals surface area contributed by atoms with Gasteiger partial charge in [0.25, 0.3) is 0 Å². The first kappa shape index (κ1) is 14.9. The molecule has 0 aliphatic rings. The largest absolute Gasteiger partial charge is 0.358 e. The number of allylic oxidation sites excluding steroid dienone is 1. The van der Waals surface area contributed by atoms with Crippen molar-refractivity contribution in [3.63, 3.8) is 0 Å². The van der Waals surface area contributed by atoms with Gasteiger partial charge >= 0.3 is 0 Å². The normalized spacial score (nSPS) is 11.3. The van der Waals surface area contributed by atoms with Crippen molar-refractivity contribution in [1.82, 2.24) is 30.4 Å². The smallest absolute Gasteiger partial charge is 0.216 e. The molecule has 0 amide bonds. The molecule has 3 aromatic rings. The molecule has 0 aliphatic carbocycles. The summed E-state index contributed by atoms with van der Waals surface area (Å²) < 4.78 is 15.9. The van der Waals surface area contributed by atoms with E-state index in [4.69, 9.17) is 5.26 Å². The van der Waals surface area contributed by atoms with Crippen LogP contribution in [0.5, 0.6) is 0 Å². The zero-order valence-corrected chi connectivity index (χ0v) is 13.0. The molecule has 8 nitrogen and oxygen atoms in total. The van der Waals surface area contributed by atoms with Crippen molar-refractivity contribution >= 4 is 27.2 Å². The highest BCUT2D eigenvalue weighted by molar-refractivity contribution is 9.10. The molecule has 2 aromatic heterocycles. The molecule has 0 radical (unpaired) electrons. The Balaban J connectivity index is 1.96. The van der Waals surface area contributed by atoms with Crippen LogP contribution < -0.4 is 5.32 Å². The molecular formula is C13H8BrFN8. The van der Waals surface area contributed by atoms with Crippen molar-refractivity contribution in [2.75, 3.05) is 5.32 Å². The zero-order chi connectivity index (χ0) is 16.2. The number of hydrogen-bond donors (Lipinski definition) is 2. The second-order valence-electron chi connectivity index (χ2n) is 4.31. The molecule has 0 unspecified atom stereocenters. The van der Waals surface area contributed by atoms with Crippen LogP contribution >= 0.6 is 15.9 Å². The van der Waals surface area contributed by atoms with E-state index in [1.165, 1.54) is 18.3 Å². The van der Waals surface area contributed by atoms with Gasteiger partial charge in [0.1, 0.15) is 17.5 Å². The quantitative estimate of drug-likeness (QED) is 0.678. The van der Waals surface area contributed by atoms with Gasteiger partial charge in [0.05, 0.1) is 22.0 Å². The molecule has 2 N–H and O–H groups in total. The molecule has 23 heavy (non-hydrogen) atoms. The summed E-state index contributed by atoms with van der Waals surface area (Å²) in [5.74, 6) is -0.284. The number of halogens is 2. The first-order valence-electron chi connectivity index (χ1n) is 6.28. The van der Waals surface area contributed by atoms with Crippen LogP contribution in [0.15, 0.2) is 41.3 Å². The van der Waals surface area contributed by atoms with E-state index in [2.05, 4.69) is 47.0 Å². The SMILES string of the molecule is N#CC(=CNc1cc(F)ccc1-n1cc(Br)cn1)c1nn[nH]n1. The van der Waals surface area contributed by atoms with Crippen molar-refractivity contribution in [3.8, 4) is 11.8 Å². The van der Waals surface area contributed by atoms with Crippen LogP contribution in [0.2, 0.25) is 0 Å². The number of H-pyrrole nitrogens is 1. The molecule has 10 heteroatoms. The summed E-state index contributed by atoms with van der Waals surface area (Å²) in [5.41, 5.74) is 1.19. The van der Waals surface area contributed by atoms with Crippen LogP contribution in [0.4, 0.5) is 10.1 Å². The Hall–Kier alpha value is -3.06. The topological polar surface area (TPSA) is 108 Å². The zero-order valence-electron chi connectivity index (χ0n) is 11.4. The fourth-order valence-electron chi connectivity index (χ4n) is 1.83. The van der Waals surface area contributed by atoms with E-state index in [0.717, 1.165) is 4.47 Å². The lowest BCUT2D eigenvalue weighted by Crippen LogP contribution is -2.01. The second kappa shape index (κ2) is 6.37. The Labute approximate surface area is 137 Å². The van der Waals surface area contributed by atoms with Crippen molar-refractivity contribution in [2.45, 2.75) is 0 Å². The van der Waals surface area contributed by atoms with Crippen molar-refractivity contribution in [1.29, 1.82) is 5.26 Å². The van der Waals surface area contributed by atoms with Gasteiger partial charge in [-0.2, -0.15) is 15.6 Å². The molecule has 0 aliphatic heterocycles. The van der Waals surface area contributed by atoms with Gasteiger partial charge in [-0.3, -0.25) is 0 Å².